The van der Waals surface area contributed by atoms with E-state index in [9.17, 15) is 0 Å². The van der Waals surface area contributed by atoms with Crippen LogP contribution in [0.2, 0.25) is 0 Å². The van der Waals surface area contributed by atoms with Gasteiger partial charge in [-0.15, -0.1) is 0 Å². The average molecular weight is 400 g/mol. The van der Waals surface area contributed by atoms with Gasteiger partial charge in [0.25, 0.3) is 0 Å². The van der Waals surface area contributed by atoms with Crippen LogP contribution in [0.1, 0.15) is 6.92 Å². The van der Waals surface area contributed by atoms with Gasteiger partial charge in [0.1, 0.15) is 12.4 Å². The van der Waals surface area contributed by atoms with E-state index in [2.05, 4.69) is 65.3 Å². The lowest BCUT2D eigenvalue weighted by Crippen LogP contribution is -2.47. The summed E-state index contributed by atoms with van der Waals surface area (Å²) in [6.07, 6.45) is 0. The number of hydrogen-bond acceptors (Lipinski definition) is 5. The van der Waals surface area contributed by atoms with E-state index in [1.54, 1.807) is 0 Å². The Balaban J connectivity index is 0.000000438. The van der Waals surface area contributed by atoms with Gasteiger partial charge in [-0.25, -0.2) is 9.59 Å². The van der Waals surface area contributed by atoms with Crippen molar-refractivity contribution in [3.05, 3.63) is 54.6 Å². The molecule has 1 aliphatic rings. The van der Waals surface area contributed by atoms with Gasteiger partial charge in [0.05, 0.1) is 0 Å². The third kappa shape index (κ3) is 7.93. The number of piperazine rings is 1. The third-order valence-electron chi connectivity index (χ3n) is 4.73. The van der Waals surface area contributed by atoms with E-state index in [0.29, 0.717) is 0 Å². The predicted octanol–water partition coefficient (Wildman–Crippen LogP) is 2.53. The van der Waals surface area contributed by atoms with Crippen molar-refractivity contribution < 1.29 is 24.5 Å². The SMILES string of the molecule is CCN1CCN(CCOc2ccc(-c3ccccc3)cc2)CC1.O=C(O)C(=O)O. The molecule has 0 atom stereocenters. The molecule has 1 fully saturated rings. The number of nitrogens with zero attached hydrogens (tertiary/aromatic N) is 2. The van der Waals surface area contributed by atoms with Crippen molar-refractivity contribution in [1.82, 2.24) is 9.80 Å². The van der Waals surface area contributed by atoms with Gasteiger partial charge >= 0.3 is 11.9 Å². The highest BCUT2D eigenvalue weighted by Crippen LogP contribution is 2.22. The molecule has 29 heavy (non-hydrogen) atoms. The van der Waals surface area contributed by atoms with Crippen LogP contribution < -0.4 is 4.74 Å². The number of rotatable bonds is 6. The molecule has 0 spiro atoms. The lowest BCUT2D eigenvalue weighted by atomic mass is 10.1. The van der Waals surface area contributed by atoms with Gasteiger partial charge in [0.2, 0.25) is 0 Å². The molecule has 2 aromatic carbocycles. The Morgan fingerprint density at radius 2 is 1.34 bits per heavy atom. The third-order valence-corrected chi connectivity index (χ3v) is 4.73. The molecule has 0 saturated carbocycles. The van der Waals surface area contributed by atoms with Crippen molar-refractivity contribution in [2.75, 3.05) is 45.9 Å². The molecule has 2 N–H and O–H groups in total. The van der Waals surface area contributed by atoms with Crippen LogP contribution in [0, 0.1) is 0 Å². The maximum Gasteiger partial charge on any atom is 0.414 e. The predicted molar refractivity (Wildman–Crippen MR) is 111 cm³/mol. The lowest BCUT2D eigenvalue weighted by Gasteiger charge is -2.33. The van der Waals surface area contributed by atoms with Gasteiger partial charge in [0, 0.05) is 32.7 Å². The first-order valence-electron chi connectivity index (χ1n) is 9.68. The van der Waals surface area contributed by atoms with Crippen LogP contribution >= 0.6 is 0 Å². The van der Waals surface area contributed by atoms with Crippen LogP contribution in [-0.4, -0.2) is 77.8 Å². The zero-order valence-corrected chi connectivity index (χ0v) is 16.7. The van der Waals surface area contributed by atoms with Crippen LogP contribution in [0.5, 0.6) is 5.75 Å². The summed E-state index contributed by atoms with van der Waals surface area (Å²) in [6.45, 7) is 9.85. The van der Waals surface area contributed by atoms with Gasteiger partial charge in [-0.2, -0.15) is 0 Å². The summed E-state index contributed by atoms with van der Waals surface area (Å²) in [5, 5.41) is 14.8. The summed E-state index contributed by atoms with van der Waals surface area (Å²) < 4.78 is 5.90. The monoisotopic (exact) mass is 400 g/mol. The second-order valence-corrected chi connectivity index (χ2v) is 6.63. The maximum atomic E-state index is 9.10. The first kappa shape index (κ1) is 22.4. The summed E-state index contributed by atoms with van der Waals surface area (Å²) in [6, 6.07) is 18.8. The smallest absolute Gasteiger partial charge is 0.414 e. The Kier molecular flexibility index (Phi) is 9.14. The standard InChI is InChI=1S/C20H26N2O.C2H2O4/c1-2-21-12-14-22(15-13-21)16-17-23-20-10-8-19(9-11-20)18-6-4-3-5-7-18;3-1(4)2(5)6/h3-11H,2,12-17H2,1H3;(H,3,4)(H,5,6). The summed E-state index contributed by atoms with van der Waals surface area (Å²) in [4.78, 5) is 23.2. The van der Waals surface area contributed by atoms with Crippen molar-refractivity contribution in [3.63, 3.8) is 0 Å². The van der Waals surface area contributed by atoms with Crippen LogP contribution in [-0.2, 0) is 9.59 Å². The summed E-state index contributed by atoms with van der Waals surface area (Å²) in [5.41, 5.74) is 2.47. The number of carboxylic acids is 2. The van der Waals surface area contributed by atoms with Crippen molar-refractivity contribution in [3.8, 4) is 16.9 Å². The normalized spacial score (nSPS) is 14.5. The topological polar surface area (TPSA) is 90.3 Å². The highest BCUT2D eigenvalue weighted by molar-refractivity contribution is 6.27. The molecule has 7 heteroatoms. The van der Waals surface area contributed by atoms with Gasteiger partial charge in [-0.1, -0.05) is 49.4 Å². The average Bonchev–Trinajstić information content (AvgIpc) is 2.76. The molecule has 0 unspecified atom stereocenters. The Morgan fingerprint density at radius 1 is 0.828 bits per heavy atom. The highest BCUT2D eigenvalue weighted by atomic mass is 16.5. The fourth-order valence-electron chi connectivity index (χ4n) is 3.00. The number of hydrogen-bond donors (Lipinski definition) is 2. The Morgan fingerprint density at radius 3 is 1.86 bits per heavy atom. The van der Waals surface area contributed by atoms with E-state index < -0.39 is 11.9 Å². The number of likely N-dealkylation sites (N-methyl/N-ethyl adjacent to an activating group) is 1. The maximum absolute atomic E-state index is 9.10. The van der Waals surface area contributed by atoms with Gasteiger partial charge in [-0.05, 0) is 29.8 Å². The van der Waals surface area contributed by atoms with Crippen molar-refractivity contribution in [1.29, 1.82) is 0 Å². The molecule has 0 amide bonds. The van der Waals surface area contributed by atoms with Crippen LogP contribution in [0.15, 0.2) is 54.6 Å². The first-order chi connectivity index (χ1) is 14.0. The first-order valence-corrected chi connectivity index (χ1v) is 9.68. The summed E-state index contributed by atoms with van der Waals surface area (Å²) >= 11 is 0. The Hall–Kier alpha value is -2.90. The quantitative estimate of drug-likeness (QED) is 0.720. The molecule has 7 nitrogen and oxygen atoms in total. The fraction of sp³-hybridized carbons (Fsp3) is 0.364. The Labute approximate surface area is 171 Å². The van der Waals surface area contributed by atoms with Gasteiger partial charge in [0.15, 0.2) is 0 Å². The highest BCUT2D eigenvalue weighted by Gasteiger charge is 2.14. The van der Waals surface area contributed by atoms with E-state index in [4.69, 9.17) is 24.5 Å². The lowest BCUT2D eigenvalue weighted by molar-refractivity contribution is -0.159. The molecular weight excluding hydrogens is 372 g/mol. The molecular formula is C22H28N2O5. The van der Waals surface area contributed by atoms with Crippen molar-refractivity contribution in [2.24, 2.45) is 0 Å². The second kappa shape index (κ2) is 11.8. The second-order valence-electron chi connectivity index (χ2n) is 6.63. The zero-order chi connectivity index (χ0) is 21.1. The van der Waals surface area contributed by atoms with Crippen LogP contribution in [0.25, 0.3) is 11.1 Å². The molecule has 2 aromatic rings. The van der Waals surface area contributed by atoms with E-state index in [1.807, 2.05) is 6.07 Å². The van der Waals surface area contributed by atoms with Crippen LogP contribution in [0.3, 0.4) is 0 Å². The molecule has 1 aliphatic heterocycles. The number of benzene rings is 2. The van der Waals surface area contributed by atoms with Crippen molar-refractivity contribution >= 4 is 11.9 Å². The largest absolute Gasteiger partial charge is 0.492 e. The number of carbonyl (C=O) groups is 2. The van der Waals surface area contributed by atoms with E-state index in [0.717, 1.165) is 38.5 Å². The van der Waals surface area contributed by atoms with E-state index >= 15 is 0 Å². The molecule has 0 aromatic heterocycles. The molecule has 0 bridgehead atoms. The number of aliphatic carboxylic acids is 2. The molecule has 1 saturated heterocycles. The van der Waals surface area contributed by atoms with E-state index in [1.165, 1.54) is 24.2 Å². The number of carboxylic acid groups (broad SMARTS) is 2. The zero-order valence-electron chi connectivity index (χ0n) is 16.7. The number of ether oxygens (including phenoxy) is 1. The summed E-state index contributed by atoms with van der Waals surface area (Å²) in [5.74, 6) is -2.69. The molecule has 0 radical (unpaired) electrons. The molecule has 0 aliphatic carbocycles. The van der Waals surface area contributed by atoms with Gasteiger partial charge in [-0.3, -0.25) is 4.90 Å². The minimum atomic E-state index is -1.82. The molecule has 156 valence electrons. The Bertz CT molecular complexity index is 745. The minimum absolute atomic E-state index is 0.761. The van der Waals surface area contributed by atoms with Crippen LogP contribution in [0.4, 0.5) is 0 Å². The molecule has 1 heterocycles. The van der Waals surface area contributed by atoms with Crippen molar-refractivity contribution in [2.45, 2.75) is 6.92 Å². The molecule has 3 rings (SSSR count). The van der Waals surface area contributed by atoms with Gasteiger partial charge < -0.3 is 19.8 Å². The van der Waals surface area contributed by atoms with E-state index in [-0.39, 0.29) is 0 Å². The summed E-state index contributed by atoms with van der Waals surface area (Å²) in [7, 11) is 0. The fourth-order valence-corrected chi connectivity index (χ4v) is 3.00. The minimum Gasteiger partial charge on any atom is -0.492 e.